The smallest absolute Gasteiger partial charge is 0.326 e. The van der Waals surface area contributed by atoms with Crippen LogP contribution in [-0.2, 0) is 14.3 Å². The summed E-state index contributed by atoms with van der Waals surface area (Å²) in [6.07, 6.45) is 3.50. The number of nitrogens with zero attached hydrogens (tertiary/aromatic N) is 2. The molecule has 1 aliphatic heterocycles. The van der Waals surface area contributed by atoms with Crippen molar-refractivity contribution in [1.82, 2.24) is 9.47 Å². The van der Waals surface area contributed by atoms with E-state index >= 15 is 0 Å². The van der Waals surface area contributed by atoms with E-state index in [0.29, 0.717) is 0 Å². The lowest BCUT2D eigenvalue weighted by Gasteiger charge is -2.11. The van der Waals surface area contributed by atoms with Crippen molar-refractivity contribution in [3.05, 3.63) is 53.2 Å². The Balaban J connectivity index is 1.83. The van der Waals surface area contributed by atoms with Crippen LogP contribution < -0.4 is 4.74 Å². The highest BCUT2D eigenvalue weighted by Crippen LogP contribution is 2.32. The average Bonchev–Trinajstić information content (AvgIpc) is 3.22. The number of amides is 2. The molecule has 2 amide bonds. The van der Waals surface area contributed by atoms with Gasteiger partial charge >= 0.3 is 5.97 Å². The average molecular weight is 386 g/mol. The van der Waals surface area contributed by atoms with Gasteiger partial charge < -0.3 is 14.0 Å². The molecule has 2 aromatic rings. The molecule has 8 heteroatoms. The minimum Gasteiger partial charge on any atom is -0.497 e. The van der Waals surface area contributed by atoms with Crippen molar-refractivity contribution in [2.45, 2.75) is 6.92 Å². The zero-order chi connectivity index (χ0) is 19.4. The predicted molar refractivity (Wildman–Crippen MR) is 102 cm³/mol. The molecule has 0 aliphatic carbocycles. The largest absolute Gasteiger partial charge is 0.497 e. The van der Waals surface area contributed by atoms with Crippen LogP contribution in [0.15, 0.2) is 47.5 Å². The van der Waals surface area contributed by atoms with E-state index in [1.807, 2.05) is 47.2 Å². The first-order valence-corrected chi connectivity index (χ1v) is 9.08. The van der Waals surface area contributed by atoms with Gasteiger partial charge in [-0.1, -0.05) is 0 Å². The number of ether oxygens (including phenoxy) is 2. The lowest BCUT2D eigenvalue weighted by molar-refractivity contribution is -0.145. The van der Waals surface area contributed by atoms with Crippen molar-refractivity contribution in [2.75, 3.05) is 20.3 Å². The number of hydrogen-bond acceptors (Lipinski definition) is 6. The van der Waals surface area contributed by atoms with E-state index in [4.69, 9.17) is 9.47 Å². The highest BCUT2D eigenvalue weighted by Gasteiger charge is 2.36. The summed E-state index contributed by atoms with van der Waals surface area (Å²) in [5, 5.41) is -0.484. The summed E-state index contributed by atoms with van der Waals surface area (Å²) in [7, 11) is 1.60. The van der Waals surface area contributed by atoms with Crippen LogP contribution in [0.2, 0.25) is 0 Å². The van der Waals surface area contributed by atoms with Crippen LogP contribution in [0.25, 0.3) is 11.8 Å². The van der Waals surface area contributed by atoms with Gasteiger partial charge in [-0.05, 0) is 61.2 Å². The number of carbonyl (C=O) groups is 3. The van der Waals surface area contributed by atoms with Crippen molar-refractivity contribution < 1.29 is 23.9 Å². The maximum absolute atomic E-state index is 12.5. The summed E-state index contributed by atoms with van der Waals surface area (Å²) in [5.74, 6) is -0.365. The number of esters is 1. The summed E-state index contributed by atoms with van der Waals surface area (Å²) >= 11 is 0.807. The molecule has 0 radical (unpaired) electrons. The fourth-order valence-corrected chi connectivity index (χ4v) is 3.42. The molecule has 1 aliphatic rings. The first kappa shape index (κ1) is 18.8. The van der Waals surface area contributed by atoms with Crippen molar-refractivity contribution in [3.8, 4) is 11.4 Å². The van der Waals surface area contributed by atoms with Crippen LogP contribution in [0.4, 0.5) is 4.79 Å². The first-order chi connectivity index (χ1) is 13.0. The normalized spacial score (nSPS) is 15.5. The number of hydrogen-bond donors (Lipinski definition) is 0. The Bertz CT molecular complexity index is 901. The van der Waals surface area contributed by atoms with Crippen LogP contribution in [0.1, 0.15) is 12.6 Å². The summed E-state index contributed by atoms with van der Waals surface area (Å²) in [4.78, 5) is 37.3. The molecule has 0 bridgehead atoms. The topological polar surface area (TPSA) is 77.8 Å². The zero-order valence-corrected chi connectivity index (χ0v) is 15.7. The molecule has 0 N–H and O–H groups in total. The Morgan fingerprint density at radius 2 is 1.93 bits per heavy atom. The Kier molecular flexibility index (Phi) is 5.66. The van der Waals surface area contributed by atoms with Crippen molar-refractivity contribution in [2.24, 2.45) is 0 Å². The fourth-order valence-electron chi connectivity index (χ4n) is 2.60. The summed E-state index contributed by atoms with van der Waals surface area (Å²) < 4.78 is 11.9. The molecule has 140 valence electrons. The number of imide groups is 1. The number of carbonyl (C=O) groups excluding carboxylic acids is 3. The van der Waals surface area contributed by atoms with Gasteiger partial charge in [0.1, 0.15) is 12.3 Å². The zero-order valence-electron chi connectivity index (χ0n) is 14.9. The van der Waals surface area contributed by atoms with Gasteiger partial charge in [0.2, 0.25) is 0 Å². The summed E-state index contributed by atoms with van der Waals surface area (Å²) in [5.41, 5.74) is 1.62. The maximum atomic E-state index is 12.5. The first-order valence-electron chi connectivity index (χ1n) is 8.26. The van der Waals surface area contributed by atoms with Crippen molar-refractivity contribution in [3.63, 3.8) is 0 Å². The van der Waals surface area contributed by atoms with Gasteiger partial charge in [0.05, 0.1) is 18.6 Å². The van der Waals surface area contributed by atoms with Crippen molar-refractivity contribution >= 4 is 35.0 Å². The van der Waals surface area contributed by atoms with Crippen LogP contribution in [0.3, 0.4) is 0 Å². The Morgan fingerprint density at radius 1 is 1.19 bits per heavy atom. The third-order valence-corrected chi connectivity index (χ3v) is 4.78. The molecule has 0 unspecified atom stereocenters. The Morgan fingerprint density at radius 3 is 2.59 bits per heavy atom. The van der Waals surface area contributed by atoms with Crippen molar-refractivity contribution in [1.29, 1.82) is 0 Å². The van der Waals surface area contributed by atoms with Crippen LogP contribution >= 0.6 is 11.8 Å². The summed E-state index contributed by atoms with van der Waals surface area (Å²) in [6, 6.07) is 11.1. The minimum absolute atomic E-state index is 0.195. The SMILES string of the molecule is CCOC(=O)CN1C(=O)S/C(=C/c2cccn2-c2ccc(OC)cc2)C1=O. The van der Waals surface area contributed by atoms with Gasteiger partial charge in [0, 0.05) is 17.6 Å². The quantitative estimate of drug-likeness (QED) is 0.561. The van der Waals surface area contributed by atoms with Crippen LogP contribution in [0, 0.1) is 0 Å². The predicted octanol–water partition coefficient (Wildman–Crippen LogP) is 3.09. The molecule has 0 atom stereocenters. The second-order valence-corrected chi connectivity index (χ2v) is 6.57. The molecule has 1 saturated heterocycles. The van der Waals surface area contributed by atoms with Crippen LogP contribution in [-0.4, -0.2) is 46.8 Å². The van der Waals surface area contributed by atoms with Gasteiger partial charge in [-0.3, -0.25) is 19.3 Å². The molecule has 1 fully saturated rings. The molecule has 1 aromatic heterocycles. The van der Waals surface area contributed by atoms with E-state index in [0.717, 1.165) is 33.8 Å². The number of aromatic nitrogens is 1. The van der Waals surface area contributed by atoms with Gasteiger partial charge in [0.15, 0.2) is 0 Å². The standard InChI is InChI=1S/C19H18N2O5S/c1-3-26-17(22)12-21-18(23)16(27-19(21)24)11-14-5-4-10-20(14)13-6-8-15(25-2)9-7-13/h4-11H,3,12H2,1-2H3/b16-11+. The highest BCUT2D eigenvalue weighted by molar-refractivity contribution is 8.18. The molecule has 3 rings (SSSR count). The van der Waals surface area contributed by atoms with E-state index < -0.39 is 17.1 Å². The van der Waals surface area contributed by atoms with E-state index in [1.165, 1.54) is 0 Å². The lowest BCUT2D eigenvalue weighted by atomic mass is 10.3. The molecular formula is C19H18N2O5S. The van der Waals surface area contributed by atoms with E-state index in [9.17, 15) is 14.4 Å². The second kappa shape index (κ2) is 8.13. The fraction of sp³-hybridized carbons (Fsp3) is 0.211. The third-order valence-electron chi connectivity index (χ3n) is 3.88. The Hall–Kier alpha value is -3.00. The van der Waals surface area contributed by atoms with E-state index in [1.54, 1.807) is 20.1 Å². The number of benzene rings is 1. The molecule has 1 aromatic carbocycles. The molecule has 0 saturated carbocycles. The molecule has 7 nitrogen and oxygen atoms in total. The molecule has 2 heterocycles. The monoisotopic (exact) mass is 386 g/mol. The second-order valence-electron chi connectivity index (χ2n) is 5.57. The molecule has 0 spiro atoms. The maximum Gasteiger partial charge on any atom is 0.326 e. The Labute approximate surface area is 160 Å². The van der Waals surface area contributed by atoms with Gasteiger partial charge in [-0.15, -0.1) is 0 Å². The molecule has 27 heavy (non-hydrogen) atoms. The number of rotatable bonds is 6. The van der Waals surface area contributed by atoms with E-state index in [-0.39, 0.29) is 18.1 Å². The van der Waals surface area contributed by atoms with Crippen LogP contribution in [0.5, 0.6) is 5.75 Å². The highest BCUT2D eigenvalue weighted by atomic mass is 32.2. The number of thioether (sulfide) groups is 1. The minimum atomic E-state index is -0.609. The summed E-state index contributed by atoms with van der Waals surface area (Å²) in [6.45, 7) is 1.48. The third kappa shape index (κ3) is 4.06. The van der Waals surface area contributed by atoms with Gasteiger partial charge in [0.25, 0.3) is 11.1 Å². The number of methoxy groups -OCH3 is 1. The van der Waals surface area contributed by atoms with Gasteiger partial charge in [-0.2, -0.15) is 0 Å². The lowest BCUT2D eigenvalue weighted by Crippen LogP contribution is -2.34. The van der Waals surface area contributed by atoms with Gasteiger partial charge in [-0.25, -0.2) is 0 Å². The van der Waals surface area contributed by atoms with E-state index in [2.05, 4.69) is 0 Å². The molecular weight excluding hydrogens is 368 g/mol.